The third-order valence-corrected chi connectivity index (χ3v) is 8.03. The fraction of sp³-hybridized carbons (Fsp3) is 0.556. The molecule has 2 aromatic rings. The standard InChI is InChI=1S/C36H53N3O6S/c1-12-36(10,11)39(31(41)28(22-46)38-33(43)45-35(7,8)9)29(26-20-16-17-23(2)24(26)3)30(40)37-27(32(42)44-34(4,5)6)21-25-18-14-13-15-19-25/h13-20,27-29,46H,12,21-22H2,1-11H3,(H,37,40)(H,38,43). The Morgan fingerprint density at radius 1 is 0.804 bits per heavy atom. The van der Waals surface area contributed by atoms with Gasteiger partial charge in [-0.15, -0.1) is 0 Å². The Morgan fingerprint density at radius 3 is 1.91 bits per heavy atom. The van der Waals surface area contributed by atoms with E-state index in [0.29, 0.717) is 12.0 Å². The third-order valence-electron chi connectivity index (χ3n) is 7.66. The Morgan fingerprint density at radius 2 is 1.39 bits per heavy atom. The van der Waals surface area contributed by atoms with Crippen LogP contribution in [0.15, 0.2) is 48.5 Å². The molecule has 254 valence electrons. The summed E-state index contributed by atoms with van der Waals surface area (Å²) in [6, 6.07) is 11.6. The predicted octanol–water partition coefficient (Wildman–Crippen LogP) is 6.25. The summed E-state index contributed by atoms with van der Waals surface area (Å²) in [5, 5.41) is 5.61. The number of carbonyl (C=O) groups is 4. The summed E-state index contributed by atoms with van der Waals surface area (Å²) >= 11 is 4.40. The molecule has 10 heteroatoms. The van der Waals surface area contributed by atoms with E-state index < -0.39 is 58.7 Å². The zero-order chi connectivity index (χ0) is 35.0. The van der Waals surface area contributed by atoms with Crippen LogP contribution in [0.5, 0.6) is 0 Å². The molecule has 0 spiro atoms. The van der Waals surface area contributed by atoms with Gasteiger partial charge >= 0.3 is 12.1 Å². The van der Waals surface area contributed by atoms with E-state index in [9.17, 15) is 19.2 Å². The van der Waals surface area contributed by atoms with E-state index >= 15 is 0 Å². The van der Waals surface area contributed by atoms with Gasteiger partial charge in [-0.1, -0.05) is 55.5 Å². The van der Waals surface area contributed by atoms with Gasteiger partial charge in [-0.2, -0.15) is 12.6 Å². The quantitative estimate of drug-likeness (QED) is 0.184. The van der Waals surface area contributed by atoms with Crippen LogP contribution in [0.25, 0.3) is 0 Å². The number of hydrogen-bond donors (Lipinski definition) is 3. The smallest absolute Gasteiger partial charge is 0.408 e. The number of ether oxygens (including phenoxy) is 2. The van der Waals surface area contributed by atoms with E-state index in [1.807, 2.05) is 83.1 Å². The van der Waals surface area contributed by atoms with Crippen LogP contribution in [0.3, 0.4) is 0 Å². The number of hydrogen-bond acceptors (Lipinski definition) is 7. The van der Waals surface area contributed by atoms with Crippen LogP contribution in [0, 0.1) is 13.8 Å². The van der Waals surface area contributed by atoms with Crippen LogP contribution in [-0.2, 0) is 30.3 Å². The molecule has 0 heterocycles. The maximum absolute atomic E-state index is 14.7. The first-order valence-corrected chi connectivity index (χ1v) is 16.4. The summed E-state index contributed by atoms with van der Waals surface area (Å²) in [4.78, 5) is 57.0. The van der Waals surface area contributed by atoms with Gasteiger partial charge in [-0.3, -0.25) is 9.59 Å². The number of alkyl carbamates (subject to hydrolysis) is 1. The monoisotopic (exact) mass is 655 g/mol. The highest BCUT2D eigenvalue weighted by molar-refractivity contribution is 7.80. The van der Waals surface area contributed by atoms with Gasteiger partial charge in [0.05, 0.1) is 0 Å². The van der Waals surface area contributed by atoms with Crippen LogP contribution in [-0.4, -0.2) is 63.4 Å². The largest absolute Gasteiger partial charge is 0.458 e. The second-order valence-corrected chi connectivity index (χ2v) is 14.6. The van der Waals surface area contributed by atoms with Gasteiger partial charge in [-0.05, 0) is 97.9 Å². The molecule has 0 aliphatic heterocycles. The molecule has 9 nitrogen and oxygen atoms in total. The van der Waals surface area contributed by atoms with Gasteiger partial charge in [0.2, 0.25) is 11.8 Å². The fourth-order valence-corrected chi connectivity index (χ4v) is 5.13. The fourth-order valence-electron chi connectivity index (χ4n) is 4.88. The number of benzene rings is 2. The van der Waals surface area contributed by atoms with Gasteiger partial charge in [0.15, 0.2) is 0 Å². The molecular weight excluding hydrogens is 602 g/mol. The highest BCUT2D eigenvalue weighted by Gasteiger charge is 2.44. The molecule has 0 saturated carbocycles. The molecule has 2 N–H and O–H groups in total. The first-order chi connectivity index (χ1) is 21.2. The predicted molar refractivity (Wildman–Crippen MR) is 185 cm³/mol. The molecule has 2 aromatic carbocycles. The molecule has 0 bridgehead atoms. The maximum Gasteiger partial charge on any atom is 0.408 e. The van der Waals surface area contributed by atoms with Crippen LogP contribution < -0.4 is 10.6 Å². The molecule has 0 saturated heterocycles. The number of aryl methyl sites for hydroxylation is 1. The van der Waals surface area contributed by atoms with E-state index in [1.54, 1.807) is 41.5 Å². The van der Waals surface area contributed by atoms with Gasteiger partial charge < -0.3 is 25.0 Å². The zero-order valence-corrected chi connectivity index (χ0v) is 30.2. The van der Waals surface area contributed by atoms with Crippen molar-refractivity contribution in [2.75, 3.05) is 5.75 Å². The van der Waals surface area contributed by atoms with Crippen molar-refractivity contribution < 1.29 is 28.7 Å². The summed E-state index contributed by atoms with van der Waals surface area (Å²) < 4.78 is 11.2. The first kappa shape index (κ1) is 38.7. The van der Waals surface area contributed by atoms with Gasteiger partial charge in [0.1, 0.15) is 29.3 Å². The average molecular weight is 656 g/mol. The van der Waals surface area contributed by atoms with E-state index in [-0.39, 0.29) is 12.2 Å². The SMILES string of the molecule is CCC(C)(C)N(C(=O)C(CS)NC(=O)OC(C)(C)C)C(C(=O)NC(Cc1ccccc1)C(=O)OC(C)(C)C)c1cccc(C)c1C. The first-order valence-electron chi connectivity index (χ1n) is 15.8. The molecule has 0 aliphatic carbocycles. The molecule has 3 amide bonds. The number of rotatable bonds is 12. The van der Waals surface area contributed by atoms with Gasteiger partial charge in [-0.25, -0.2) is 9.59 Å². The zero-order valence-electron chi connectivity index (χ0n) is 29.3. The molecule has 0 aromatic heterocycles. The normalized spacial score (nSPS) is 14.0. The van der Waals surface area contributed by atoms with E-state index in [2.05, 4.69) is 23.3 Å². The summed E-state index contributed by atoms with van der Waals surface area (Å²) in [6.07, 6.45) is -0.0979. The maximum atomic E-state index is 14.7. The number of carbonyl (C=O) groups excluding carboxylic acids is 4. The van der Waals surface area contributed by atoms with Gasteiger partial charge in [0.25, 0.3) is 0 Å². The number of thiol groups is 1. The topological polar surface area (TPSA) is 114 Å². The molecular formula is C36H53N3O6S. The van der Waals surface area contributed by atoms with Crippen molar-refractivity contribution in [3.05, 3.63) is 70.8 Å². The van der Waals surface area contributed by atoms with Gasteiger partial charge in [0, 0.05) is 17.7 Å². The van der Waals surface area contributed by atoms with Crippen molar-refractivity contribution >= 4 is 36.5 Å². The lowest BCUT2D eigenvalue weighted by Crippen LogP contribution is -2.61. The van der Waals surface area contributed by atoms with Crippen molar-refractivity contribution in [2.24, 2.45) is 0 Å². The second-order valence-electron chi connectivity index (χ2n) is 14.2. The van der Waals surface area contributed by atoms with Crippen LogP contribution in [0.4, 0.5) is 4.79 Å². The lowest BCUT2D eigenvalue weighted by molar-refractivity contribution is -0.159. The minimum Gasteiger partial charge on any atom is -0.458 e. The van der Waals surface area contributed by atoms with Crippen LogP contribution >= 0.6 is 12.6 Å². The highest BCUT2D eigenvalue weighted by atomic mass is 32.1. The number of nitrogens with zero attached hydrogens (tertiary/aromatic N) is 1. The lowest BCUT2D eigenvalue weighted by atomic mass is 9.89. The summed E-state index contributed by atoms with van der Waals surface area (Å²) in [6.45, 7) is 20.0. The molecule has 46 heavy (non-hydrogen) atoms. The average Bonchev–Trinajstić information content (AvgIpc) is 2.94. The van der Waals surface area contributed by atoms with Crippen molar-refractivity contribution in [2.45, 2.75) is 124 Å². The molecule has 0 radical (unpaired) electrons. The van der Waals surface area contributed by atoms with Crippen molar-refractivity contribution in [3.63, 3.8) is 0 Å². The summed E-state index contributed by atoms with van der Waals surface area (Å²) in [5.41, 5.74) is 0.753. The Balaban J connectivity index is 2.71. The third kappa shape index (κ3) is 11.1. The minimum absolute atomic E-state index is 0.0376. The van der Waals surface area contributed by atoms with Crippen molar-refractivity contribution in [3.8, 4) is 0 Å². The Hall–Kier alpha value is -3.53. The van der Waals surface area contributed by atoms with Crippen LogP contribution in [0.1, 0.15) is 97.0 Å². The molecule has 0 aliphatic rings. The Kier molecular flexibility index (Phi) is 13.3. The van der Waals surface area contributed by atoms with E-state index in [4.69, 9.17) is 9.47 Å². The number of nitrogens with one attached hydrogen (secondary N) is 2. The minimum atomic E-state index is -1.16. The lowest BCUT2D eigenvalue weighted by Gasteiger charge is -2.45. The Labute approximate surface area is 280 Å². The molecule has 2 rings (SSSR count). The van der Waals surface area contributed by atoms with E-state index in [0.717, 1.165) is 16.7 Å². The second kappa shape index (κ2) is 15.8. The summed E-state index contributed by atoms with van der Waals surface area (Å²) in [7, 11) is 0. The highest BCUT2D eigenvalue weighted by Crippen LogP contribution is 2.34. The Bertz CT molecular complexity index is 1360. The van der Waals surface area contributed by atoms with Crippen molar-refractivity contribution in [1.82, 2.24) is 15.5 Å². The molecule has 0 fully saturated rings. The van der Waals surface area contributed by atoms with Crippen molar-refractivity contribution in [1.29, 1.82) is 0 Å². The van der Waals surface area contributed by atoms with Crippen LogP contribution in [0.2, 0.25) is 0 Å². The van der Waals surface area contributed by atoms with E-state index in [1.165, 1.54) is 4.90 Å². The summed E-state index contributed by atoms with van der Waals surface area (Å²) in [5.74, 6) is -1.68. The number of amides is 3. The molecule has 3 unspecified atom stereocenters. The number of esters is 1. The molecule has 3 atom stereocenters.